The fourth-order valence-corrected chi connectivity index (χ4v) is 2.94. The van der Waals surface area contributed by atoms with Gasteiger partial charge in [0.05, 0.1) is 7.11 Å². The van der Waals surface area contributed by atoms with E-state index in [4.69, 9.17) is 4.74 Å². The summed E-state index contributed by atoms with van der Waals surface area (Å²) in [5, 5.41) is 0. The third-order valence-electron chi connectivity index (χ3n) is 4.23. The molecule has 2 aromatic rings. The first-order chi connectivity index (χ1) is 10.7. The average Bonchev–Trinajstić information content (AvgIpc) is 2.60. The minimum Gasteiger partial charge on any atom is -0.497 e. The molecule has 0 bridgehead atoms. The summed E-state index contributed by atoms with van der Waals surface area (Å²) < 4.78 is 5.31. The zero-order valence-electron chi connectivity index (χ0n) is 13.0. The molecule has 4 nitrogen and oxygen atoms in total. The van der Waals surface area contributed by atoms with Crippen LogP contribution < -0.4 is 9.64 Å². The Labute approximate surface area is 130 Å². The molecule has 0 N–H and O–H groups in total. The number of hydrogen-bond acceptors (Lipinski definition) is 3. The number of hydrogen-bond donors (Lipinski definition) is 0. The zero-order chi connectivity index (χ0) is 15.5. The van der Waals surface area contributed by atoms with Gasteiger partial charge in [-0.3, -0.25) is 9.78 Å². The van der Waals surface area contributed by atoms with Crippen molar-refractivity contribution in [1.82, 2.24) is 4.98 Å². The Balaban J connectivity index is 1.99. The summed E-state index contributed by atoms with van der Waals surface area (Å²) in [7, 11) is 1.67. The normalized spacial score (nSPS) is 17.0. The van der Waals surface area contributed by atoms with Crippen molar-refractivity contribution >= 4 is 11.6 Å². The van der Waals surface area contributed by atoms with E-state index in [1.54, 1.807) is 19.4 Å². The number of carbonyl (C=O) groups is 1. The van der Waals surface area contributed by atoms with Crippen molar-refractivity contribution in [1.29, 1.82) is 0 Å². The van der Waals surface area contributed by atoms with E-state index in [0.717, 1.165) is 30.8 Å². The lowest BCUT2D eigenvalue weighted by molar-refractivity contribution is 0.0975. The maximum Gasteiger partial charge on any atom is 0.276 e. The van der Waals surface area contributed by atoms with E-state index in [2.05, 4.69) is 11.9 Å². The van der Waals surface area contributed by atoms with Gasteiger partial charge in [0.25, 0.3) is 5.91 Å². The first kappa shape index (κ1) is 14.6. The van der Waals surface area contributed by atoms with E-state index in [9.17, 15) is 4.79 Å². The van der Waals surface area contributed by atoms with Crippen LogP contribution in [0.15, 0.2) is 42.6 Å². The lowest BCUT2D eigenvalue weighted by Crippen LogP contribution is -2.40. The number of anilines is 1. The number of carbonyl (C=O) groups excluding carboxylic acids is 1. The van der Waals surface area contributed by atoms with Gasteiger partial charge in [-0.2, -0.15) is 0 Å². The maximum atomic E-state index is 12.8. The molecular formula is C18H20N2O2. The summed E-state index contributed by atoms with van der Waals surface area (Å²) in [5.74, 6) is 1.26. The Morgan fingerprint density at radius 2 is 2.23 bits per heavy atom. The molecule has 4 heteroatoms. The molecule has 0 spiro atoms. The SMILES string of the molecule is CCC1Cc2cc(OC)ccc2N(C(=O)c2ccccn2)C1. The Morgan fingerprint density at radius 1 is 1.36 bits per heavy atom. The molecule has 1 atom stereocenters. The van der Waals surface area contributed by atoms with Gasteiger partial charge in [-0.1, -0.05) is 19.4 Å². The Morgan fingerprint density at radius 3 is 2.91 bits per heavy atom. The highest BCUT2D eigenvalue weighted by Crippen LogP contribution is 2.34. The number of benzene rings is 1. The minimum absolute atomic E-state index is 0.0369. The number of ether oxygens (including phenoxy) is 1. The number of amides is 1. The highest BCUT2D eigenvalue weighted by molar-refractivity contribution is 6.05. The fraction of sp³-hybridized carbons (Fsp3) is 0.333. The molecule has 1 aromatic carbocycles. The molecule has 3 rings (SSSR count). The van der Waals surface area contributed by atoms with Gasteiger partial charge in [0.2, 0.25) is 0 Å². The van der Waals surface area contributed by atoms with Crippen LogP contribution in [0.3, 0.4) is 0 Å². The van der Waals surface area contributed by atoms with Crippen LogP contribution in [0.2, 0.25) is 0 Å². The van der Waals surface area contributed by atoms with E-state index >= 15 is 0 Å². The van der Waals surface area contributed by atoms with Crippen LogP contribution in [-0.4, -0.2) is 24.5 Å². The second-order valence-electron chi connectivity index (χ2n) is 5.60. The summed E-state index contributed by atoms with van der Waals surface area (Å²) in [5.41, 5.74) is 2.63. The topological polar surface area (TPSA) is 42.4 Å². The molecule has 22 heavy (non-hydrogen) atoms. The van der Waals surface area contributed by atoms with Crippen molar-refractivity contribution in [3.05, 3.63) is 53.9 Å². The summed E-state index contributed by atoms with van der Waals surface area (Å²) in [4.78, 5) is 18.9. The van der Waals surface area contributed by atoms with E-state index in [1.807, 2.05) is 35.2 Å². The largest absolute Gasteiger partial charge is 0.497 e. The molecule has 0 saturated heterocycles. The van der Waals surface area contributed by atoms with Gasteiger partial charge >= 0.3 is 0 Å². The quantitative estimate of drug-likeness (QED) is 0.872. The van der Waals surface area contributed by atoms with Crippen molar-refractivity contribution in [3.63, 3.8) is 0 Å². The lowest BCUT2D eigenvalue weighted by atomic mass is 9.90. The van der Waals surface area contributed by atoms with Crippen molar-refractivity contribution in [2.75, 3.05) is 18.6 Å². The van der Waals surface area contributed by atoms with E-state index in [1.165, 1.54) is 5.56 Å². The molecule has 0 radical (unpaired) electrons. The molecule has 1 aromatic heterocycles. The minimum atomic E-state index is -0.0369. The number of methoxy groups -OCH3 is 1. The molecule has 0 fully saturated rings. The number of aromatic nitrogens is 1. The summed E-state index contributed by atoms with van der Waals surface area (Å²) >= 11 is 0. The molecule has 1 unspecified atom stereocenters. The third-order valence-corrected chi connectivity index (χ3v) is 4.23. The van der Waals surface area contributed by atoms with Crippen molar-refractivity contribution in [2.24, 2.45) is 5.92 Å². The second-order valence-corrected chi connectivity index (χ2v) is 5.60. The van der Waals surface area contributed by atoms with Crippen LogP contribution in [-0.2, 0) is 6.42 Å². The van der Waals surface area contributed by atoms with Crippen LogP contribution in [0.4, 0.5) is 5.69 Å². The Kier molecular flexibility index (Phi) is 4.09. The van der Waals surface area contributed by atoms with Gasteiger partial charge < -0.3 is 9.64 Å². The fourth-order valence-electron chi connectivity index (χ4n) is 2.94. The van der Waals surface area contributed by atoms with Crippen molar-refractivity contribution in [3.8, 4) is 5.75 Å². The molecule has 114 valence electrons. The van der Waals surface area contributed by atoms with Crippen LogP contribution in [0.25, 0.3) is 0 Å². The van der Waals surface area contributed by atoms with Crippen LogP contribution in [0.5, 0.6) is 5.75 Å². The van der Waals surface area contributed by atoms with Crippen molar-refractivity contribution in [2.45, 2.75) is 19.8 Å². The maximum absolute atomic E-state index is 12.8. The smallest absolute Gasteiger partial charge is 0.276 e. The van der Waals surface area contributed by atoms with Gasteiger partial charge in [-0.05, 0) is 48.2 Å². The van der Waals surface area contributed by atoms with Gasteiger partial charge in [-0.25, -0.2) is 0 Å². The van der Waals surface area contributed by atoms with Crippen LogP contribution in [0, 0.1) is 5.92 Å². The average molecular weight is 296 g/mol. The molecule has 1 aliphatic heterocycles. The summed E-state index contributed by atoms with van der Waals surface area (Å²) in [6.07, 6.45) is 3.68. The van der Waals surface area contributed by atoms with Gasteiger partial charge in [0, 0.05) is 18.4 Å². The summed E-state index contributed by atoms with van der Waals surface area (Å²) in [6, 6.07) is 11.3. The number of pyridine rings is 1. The monoisotopic (exact) mass is 296 g/mol. The lowest BCUT2D eigenvalue weighted by Gasteiger charge is -2.34. The first-order valence-corrected chi connectivity index (χ1v) is 7.62. The van der Waals surface area contributed by atoms with Gasteiger partial charge in [0.1, 0.15) is 11.4 Å². The third kappa shape index (κ3) is 2.69. The van der Waals surface area contributed by atoms with E-state index < -0.39 is 0 Å². The number of nitrogens with zero attached hydrogens (tertiary/aromatic N) is 2. The molecule has 2 heterocycles. The zero-order valence-corrected chi connectivity index (χ0v) is 13.0. The van der Waals surface area contributed by atoms with Crippen LogP contribution >= 0.6 is 0 Å². The van der Waals surface area contributed by atoms with E-state index in [0.29, 0.717) is 11.6 Å². The molecule has 0 aliphatic carbocycles. The Bertz CT molecular complexity index is 670. The number of rotatable bonds is 3. The van der Waals surface area contributed by atoms with Gasteiger partial charge in [-0.15, -0.1) is 0 Å². The first-order valence-electron chi connectivity index (χ1n) is 7.62. The van der Waals surface area contributed by atoms with Crippen LogP contribution in [0.1, 0.15) is 29.4 Å². The molecule has 1 aliphatic rings. The van der Waals surface area contributed by atoms with E-state index in [-0.39, 0.29) is 5.91 Å². The predicted octanol–water partition coefficient (Wildman–Crippen LogP) is 3.32. The molecular weight excluding hydrogens is 276 g/mol. The van der Waals surface area contributed by atoms with Gasteiger partial charge in [0.15, 0.2) is 0 Å². The highest BCUT2D eigenvalue weighted by Gasteiger charge is 2.29. The summed E-state index contributed by atoms with van der Waals surface area (Å²) in [6.45, 7) is 2.91. The predicted molar refractivity (Wildman–Crippen MR) is 86.4 cm³/mol. The second kappa shape index (κ2) is 6.18. The van der Waals surface area contributed by atoms with Crippen molar-refractivity contribution < 1.29 is 9.53 Å². The molecule has 1 amide bonds. The number of fused-ring (bicyclic) bond motifs is 1. The Hall–Kier alpha value is -2.36. The molecule has 0 saturated carbocycles. The standard InChI is InChI=1S/C18H20N2O2/c1-3-13-10-14-11-15(22-2)7-8-17(14)20(12-13)18(21)16-6-4-5-9-19-16/h4-9,11,13H,3,10,12H2,1-2H3. The highest BCUT2D eigenvalue weighted by atomic mass is 16.5.